The first-order valence-electron chi connectivity index (χ1n) is 9.36. The van der Waals surface area contributed by atoms with Gasteiger partial charge in [0.1, 0.15) is 4.70 Å². The van der Waals surface area contributed by atoms with Crippen LogP contribution in [0.3, 0.4) is 0 Å². The Hall–Kier alpha value is -2.41. The second-order valence-corrected chi connectivity index (χ2v) is 8.38. The number of amides is 1. The van der Waals surface area contributed by atoms with Crippen LogP contribution >= 0.6 is 23.7 Å². The largest absolute Gasteiger partial charge is 0.326 e. The van der Waals surface area contributed by atoms with E-state index in [2.05, 4.69) is 22.3 Å². The third kappa shape index (κ3) is 4.01. The number of hydrogen-bond donors (Lipinski definition) is 1. The number of anilines is 1. The van der Waals surface area contributed by atoms with Gasteiger partial charge in [0.05, 0.1) is 5.52 Å². The highest BCUT2D eigenvalue weighted by molar-refractivity contribution is 7.26. The van der Waals surface area contributed by atoms with Gasteiger partial charge < -0.3 is 14.8 Å². The van der Waals surface area contributed by atoms with Crippen LogP contribution in [0.2, 0.25) is 0 Å². The lowest BCUT2D eigenvalue weighted by atomic mass is 10.1. The van der Waals surface area contributed by atoms with Gasteiger partial charge in [-0.2, -0.15) is 0 Å². The molecule has 0 bridgehead atoms. The fourth-order valence-electron chi connectivity index (χ4n) is 3.72. The zero-order chi connectivity index (χ0) is 19.8. The van der Waals surface area contributed by atoms with Crippen LogP contribution in [0, 0.1) is 0 Å². The summed E-state index contributed by atoms with van der Waals surface area (Å²) in [5.41, 5.74) is 1.72. The number of fused-ring (bicyclic) bond motifs is 5. The van der Waals surface area contributed by atoms with Crippen LogP contribution in [-0.4, -0.2) is 36.0 Å². The minimum Gasteiger partial charge on any atom is -0.326 e. The van der Waals surface area contributed by atoms with Gasteiger partial charge in [0.25, 0.3) is 5.56 Å². The summed E-state index contributed by atoms with van der Waals surface area (Å²) in [5.74, 6) is -0.106. The van der Waals surface area contributed by atoms with Crippen LogP contribution in [0.5, 0.6) is 0 Å². The number of nitrogens with one attached hydrogen (secondary N) is 1. The van der Waals surface area contributed by atoms with E-state index >= 15 is 0 Å². The Morgan fingerprint density at radius 1 is 1.14 bits per heavy atom. The molecule has 0 saturated carbocycles. The van der Waals surface area contributed by atoms with Crippen molar-refractivity contribution in [1.29, 1.82) is 0 Å². The minimum atomic E-state index is -0.106. The maximum atomic E-state index is 13.3. The van der Waals surface area contributed by atoms with Gasteiger partial charge in [0.2, 0.25) is 5.91 Å². The number of halogens is 1. The summed E-state index contributed by atoms with van der Waals surface area (Å²) in [6.45, 7) is 3.08. The van der Waals surface area contributed by atoms with Gasteiger partial charge in [0.15, 0.2) is 0 Å². The van der Waals surface area contributed by atoms with E-state index in [-0.39, 0.29) is 23.9 Å². The number of carbonyl (C=O) groups is 1. The fourth-order valence-corrected chi connectivity index (χ4v) is 4.88. The molecule has 1 amide bonds. The lowest BCUT2D eigenvalue weighted by Gasteiger charge is -2.15. The average molecular weight is 430 g/mol. The third-order valence-electron chi connectivity index (χ3n) is 4.90. The van der Waals surface area contributed by atoms with Crippen LogP contribution in [0.4, 0.5) is 5.69 Å². The number of benzene rings is 2. The first-order valence-corrected chi connectivity index (χ1v) is 10.2. The molecule has 0 aliphatic heterocycles. The molecule has 0 saturated heterocycles. The Morgan fingerprint density at radius 2 is 1.90 bits per heavy atom. The number of aromatic nitrogens is 1. The predicted molar refractivity (Wildman–Crippen MR) is 126 cm³/mol. The van der Waals surface area contributed by atoms with Crippen molar-refractivity contribution >= 4 is 66.4 Å². The van der Waals surface area contributed by atoms with Gasteiger partial charge in [-0.15, -0.1) is 23.7 Å². The van der Waals surface area contributed by atoms with Crippen molar-refractivity contribution in [2.24, 2.45) is 0 Å². The Bertz CT molecular complexity index is 1260. The van der Waals surface area contributed by atoms with E-state index in [1.54, 1.807) is 11.3 Å². The number of pyridine rings is 1. The highest BCUT2D eigenvalue weighted by Gasteiger charge is 2.16. The van der Waals surface area contributed by atoms with Crippen molar-refractivity contribution in [2.75, 3.05) is 26.0 Å². The molecule has 1 N–H and O–H groups in total. The van der Waals surface area contributed by atoms with Gasteiger partial charge >= 0.3 is 0 Å². The summed E-state index contributed by atoms with van der Waals surface area (Å²) in [7, 11) is 4.07. The van der Waals surface area contributed by atoms with Crippen LogP contribution < -0.4 is 10.9 Å². The molecule has 4 rings (SSSR count). The number of rotatable bonds is 5. The SMILES string of the molecule is CC(=O)Nc1ccc2c(c1)c1c(sc3ccccc31)c(=O)n2CCCN(C)C.Cl. The van der Waals surface area contributed by atoms with Crippen molar-refractivity contribution in [3.63, 3.8) is 0 Å². The van der Waals surface area contributed by atoms with E-state index in [9.17, 15) is 9.59 Å². The van der Waals surface area contributed by atoms with Gasteiger partial charge in [-0.25, -0.2) is 0 Å². The highest BCUT2D eigenvalue weighted by Crippen LogP contribution is 2.37. The van der Waals surface area contributed by atoms with E-state index < -0.39 is 0 Å². The summed E-state index contributed by atoms with van der Waals surface area (Å²) in [6.07, 6.45) is 0.895. The molecule has 0 fully saturated rings. The molecular weight excluding hydrogens is 406 g/mol. The molecule has 4 aromatic rings. The molecule has 0 spiro atoms. The van der Waals surface area contributed by atoms with E-state index in [1.165, 1.54) is 6.92 Å². The summed E-state index contributed by atoms with van der Waals surface area (Å²) in [6, 6.07) is 13.9. The zero-order valence-electron chi connectivity index (χ0n) is 16.7. The standard InChI is InChI=1S/C22H23N3O2S.ClH/c1-14(26)23-15-9-10-18-17(13-15)20-16-7-4-5-8-19(16)28-21(20)22(27)25(18)12-6-11-24(2)3;/h4-5,7-10,13H,6,11-12H2,1-3H3,(H,23,26);1H. The summed E-state index contributed by atoms with van der Waals surface area (Å²) < 4.78 is 3.76. The Kier molecular flexibility index (Phi) is 6.27. The molecule has 152 valence electrons. The van der Waals surface area contributed by atoms with E-state index in [4.69, 9.17) is 0 Å². The maximum Gasteiger partial charge on any atom is 0.269 e. The molecule has 0 aliphatic rings. The van der Waals surface area contributed by atoms with Gasteiger partial charge in [0, 0.05) is 40.0 Å². The Balaban J connectivity index is 0.00000240. The number of hydrogen-bond acceptors (Lipinski definition) is 4. The van der Waals surface area contributed by atoms with Crippen LogP contribution in [0.1, 0.15) is 13.3 Å². The molecule has 0 unspecified atom stereocenters. The van der Waals surface area contributed by atoms with Crippen LogP contribution in [0.15, 0.2) is 47.3 Å². The second-order valence-electron chi connectivity index (χ2n) is 7.33. The van der Waals surface area contributed by atoms with E-state index in [1.807, 2.05) is 49.0 Å². The third-order valence-corrected chi connectivity index (χ3v) is 6.06. The average Bonchev–Trinajstić information content (AvgIpc) is 3.04. The van der Waals surface area contributed by atoms with Crippen LogP contribution in [-0.2, 0) is 11.3 Å². The van der Waals surface area contributed by atoms with Crippen LogP contribution in [0.25, 0.3) is 31.1 Å². The van der Waals surface area contributed by atoms with Crippen molar-refractivity contribution in [3.8, 4) is 0 Å². The van der Waals surface area contributed by atoms with Gasteiger partial charge in [-0.3, -0.25) is 9.59 Å². The molecule has 0 atom stereocenters. The molecule has 0 aliphatic carbocycles. The van der Waals surface area contributed by atoms with Gasteiger partial charge in [-0.1, -0.05) is 18.2 Å². The van der Waals surface area contributed by atoms with Crippen molar-refractivity contribution in [3.05, 3.63) is 52.8 Å². The highest BCUT2D eigenvalue weighted by atomic mass is 35.5. The van der Waals surface area contributed by atoms with Crippen molar-refractivity contribution < 1.29 is 4.79 Å². The number of aryl methyl sites for hydroxylation is 1. The van der Waals surface area contributed by atoms with E-state index in [0.717, 1.165) is 49.7 Å². The molecule has 5 nitrogen and oxygen atoms in total. The summed E-state index contributed by atoms with van der Waals surface area (Å²) in [5, 5.41) is 5.94. The Morgan fingerprint density at radius 3 is 2.62 bits per heavy atom. The first-order chi connectivity index (χ1) is 13.5. The zero-order valence-corrected chi connectivity index (χ0v) is 18.3. The lowest BCUT2D eigenvalue weighted by molar-refractivity contribution is -0.114. The number of thiophene rings is 1. The molecular formula is C22H24ClN3O2S. The van der Waals surface area contributed by atoms with Gasteiger partial charge in [-0.05, 0) is 51.3 Å². The quantitative estimate of drug-likeness (QED) is 0.500. The summed E-state index contributed by atoms with van der Waals surface area (Å²) in [4.78, 5) is 27.0. The maximum absolute atomic E-state index is 13.3. The van der Waals surface area contributed by atoms with Crippen molar-refractivity contribution in [1.82, 2.24) is 9.47 Å². The topological polar surface area (TPSA) is 54.3 Å². The Labute approximate surface area is 179 Å². The molecule has 2 aromatic heterocycles. The molecule has 29 heavy (non-hydrogen) atoms. The molecule has 7 heteroatoms. The molecule has 2 heterocycles. The first kappa shape index (κ1) is 21.3. The number of nitrogens with zero attached hydrogens (tertiary/aromatic N) is 2. The fraction of sp³-hybridized carbons (Fsp3) is 0.273. The molecule has 0 radical (unpaired) electrons. The summed E-state index contributed by atoms with van der Waals surface area (Å²) >= 11 is 1.55. The monoisotopic (exact) mass is 429 g/mol. The van der Waals surface area contributed by atoms with Crippen molar-refractivity contribution in [2.45, 2.75) is 19.9 Å². The smallest absolute Gasteiger partial charge is 0.269 e. The number of carbonyl (C=O) groups excluding carboxylic acids is 1. The minimum absolute atomic E-state index is 0. The second kappa shape index (κ2) is 8.53. The lowest BCUT2D eigenvalue weighted by Crippen LogP contribution is -2.23. The van der Waals surface area contributed by atoms with E-state index in [0.29, 0.717) is 6.54 Å². The molecule has 2 aromatic carbocycles. The predicted octanol–water partition coefficient (Wildman–Crippen LogP) is 4.70. The normalized spacial score (nSPS) is 11.3.